The number of ketones is 1. The van der Waals surface area contributed by atoms with Crippen LogP contribution in [0.2, 0.25) is 0 Å². The number of carbonyl (C=O) groups is 2. The van der Waals surface area contributed by atoms with E-state index in [-0.39, 0.29) is 24.8 Å². The van der Waals surface area contributed by atoms with Gasteiger partial charge in [-0.2, -0.15) is 0 Å². The van der Waals surface area contributed by atoms with Gasteiger partial charge in [-0.25, -0.2) is 4.98 Å². The molecule has 0 aliphatic rings. The Morgan fingerprint density at radius 1 is 1.15 bits per heavy atom. The van der Waals surface area contributed by atoms with E-state index in [2.05, 4.69) is 10.3 Å². The third-order valence-electron chi connectivity index (χ3n) is 3.54. The number of aromatic nitrogens is 1. The van der Waals surface area contributed by atoms with Gasteiger partial charge in [0.25, 0.3) is 5.91 Å². The molecule has 2 aromatic rings. The summed E-state index contributed by atoms with van der Waals surface area (Å²) in [5.41, 5.74) is 1.30. The first-order valence-corrected chi connectivity index (χ1v) is 8.20. The fourth-order valence-corrected chi connectivity index (χ4v) is 2.22. The van der Waals surface area contributed by atoms with Crippen molar-refractivity contribution in [1.29, 1.82) is 0 Å². The Morgan fingerprint density at radius 2 is 1.96 bits per heavy atom. The normalized spacial score (nSPS) is 10.1. The third kappa shape index (κ3) is 5.20. The van der Waals surface area contributed by atoms with Crippen molar-refractivity contribution >= 4 is 11.7 Å². The van der Waals surface area contributed by atoms with E-state index in [9.17, 15) is 9.59 Å². The number of amides is 1. The number of ether oxygens (including phenoxy) is 3. The molecular weight excluding hydrogens is 336 g/mol. The van der Waals surface area contributed by atoms with Crippen molar-refractivity contribution in [1.82, 2.24) is 10.3 Å². The molecule has 0 atom stereocenters. The van der Waals surface area contributed by atoms with Gasteiger partial charge in [0, 0.05) is 23.9 Å². The monoisotopic (exact) mass is 358 g/mol. The lowest BCUT2D eigenvalue weighted by Crippen LogP contribution is -2.28. The molecule has 1 N–H and O–H groups in total. The molecule has 1 heterocycles. The zero-order chi connectivity index (χ0) is 18.9. The zero-order valence-corrected chi connectivity index (χ0v) is 15.1. The molecule has 1 aromatic heterocycles. The summed E-state index contributed by atoms with van der Waals surface area (Å²) in [6.45, 7) is 3.94. The number of benzene rings is 1. The van der Waals surface area contributed by atoms with Crippen LogP contribution in [0, 0.1) is 0 Å². The Kier molecular flexibility index (Phi) is 6.96. The largest absolute Gasteiger partial charge is 0.493 e. The van der Waals surface area contributed by atoms with Gasteiger partial charge in [0.2, 0.25) is 5.88 Å². The number of methoxy groups -OCH3 is 1. The van der Waals surface area contributed by atoms with Crippen molar-refractivity contribution in [3.05, 3.63) is 47.7 Å². The molecule has 0 aliphatic heterocycles. The highest BCUT2D eigenvalue weighted by Gasteiger charge is 2.11. The number of nitrogens with one attached hydrogen (secondary N) is 1. The van der Waals surface area contributed by atoms with Gasteiger partial charge in [-0.05, 0) is 38.1 Å². The van der Waals surface area contributed by atoms with Gasteiger partial charge in [0.05, 0.1) is 13.7 Å². The lowest BCUT2D eigenvalue weighted by Gasteiger charge is -2.12. The van der Waals surface area contributed by atoms with Crippen LogP contribution < -0.4 is 19.5 Å². The van der Waals surface area contributed by atoms with Gasteiger partial charge in [-0.1, -0.05) is 6.07 Å². The van der Waals surface area contributed by atoms with E-state index in [1.54, 1.807) is 30.5 Å². The first-order valence-electron chi connectivity index (χ1n) is 8.20. The van der Waals surface area contributed by atoms with Crippen LogP contribution in [-0.2, 0) is 11.3 Å². The summed E-state index contributed by atoms with van der Waals surface area (Å²) in [6, 6.07) is 8.43. The van der Waals surface area contributed by atoms with E-state index in [0.29, 0.717) is 29.5 Å². The topological polar surface area (TPSA) is 86.8 Å². The summed E-state index contributed by atoms with van der Waals surface area (Å²) < 4.78 is 16.1. The van der Waals surface area contributed by atoms with Crippen LogP contribution in [0.5, 0.6) is 17.4 Å². The molecule has 7 heteroatoms. The predicted molar refractivity (Wildman–Crippen MR) is 95.7 cm³/mol. The van der Waals surface area contributed by atoms with E-state index >= 15 is 0 Å². The zero-order valence-electron chi connectivity index (χ0n) is 15.1. The molecule has 0 radical (unpaired) electrons. The van der Waals surface area contributed by atoms with Crippen molar-refractivity contribution in [2.45, 2.75) is 20.4 Å². The average molecular weight is 358 g/mol. The molecule has 1 aromatic carbocycles. The van der Waals surface area contributed by atoms with Crippen LogP contribution in [-0.4, -0.2) is 37.0 Å². The van der Waals surface area contributed by atoms with Gasteiger partial charge >= 0.3 is 0 Å². The molecule has 0 saturated heterocycles. The van der Waals surface area contributed by atoms with Crippen LogP contribution in [0.3, 0.4) is 0 Å². The summed E-state index contributed by atoms with van der Waals surface area (Å²) in [7, 11) is 1.48. The number of hydrogen-bond acceptors (Lipinski definition) is 6. The standard InChI is InChI=1S/C19H22N2O5/c1-4-25-19-15(6-5-9-20-19)11-21-18(23)12-26-16-8-7-14(13(2)22)10-17(16)24-3/h5-10H,4,11-12H2,1-3H3,(H,21,23). The van der Waals surface area contributed by atoms with Crippen LogP contribution in [0.15, 0.2) is 36.5 Å². The van der Waals surface area contributed by atoms with Gasteiger partial charge in [0.1, 0.15) is 0 Å². The molecule has 0 unspecified atom stereocenters. The molecule has 0 spiro atoms. The Hall–Kier alpha value is -3.09. The van der Waals surface area contributed by atoms with Crippen molar-refractivity contribution in [2.24, 2.45) is 0 Å². The van der Waals surface area contributed by atoms with E-state index in [1.165, 1.54) is 14.0 Å². The number of Topliss-reactive ketones (excluding diaryl/α,β-unsaturated/α-hetero) is 1. The van der Waals surface area contributed by atoms with Gasteiger partial charge < -0.3 is 19.5 Å². The predicted octanol–water partition coefficient (Wildman–Crippen LogP) is 2.39. The van der Waals surface area contributed by atoms with Crippen LogP contribution >= 0.6 is 0 Å². The maximum Gasteiger partial charge on any atom is 0.258 e. The highest BCUT2D eigenvalue weighted by Crippen LogP contribution is 2.28. The molecule has 0 fully saturated rings. The Morgan fingerprint density at radius 3 is 2.65 bits per heavy atom. The maximum atomic E-state index is 12.0. The first kappa shape index (κ1) is 19.2. The van der Waals surface area contributed by atoms with Crippen LogP contribution in [0.25, 0.3) is 0 Å². The number of pyridine rings is 1. The van der Waals surface area contributed by atoms with Crippen LogP contribution in [0.4, 0.5) is 0 Å². The smallest absolute Gasteiger partial charge is 0.258 e. The van der Waals surface area contributed by atoms with Crippen molar-refractivity contribution < 1.29 is 23.8 Å². The minimum Gasteiger partial charge on any atom is -0.493 e. The summed E-state index contributed by atoms with van der Waals surface area (Å²) in [4.78, 5) is 27.6. The number of carbonyl (C=O) groups excluding carboxylic acids is 2. The molecule has 138 valence electrons. The summed E-state index contributed by atoms with van der Waals surface area (Å²) in [5.74, 6) is 0.918. The SMILES string of the molecule is CCOc1ncccc1CNC(=O)COc1ccc(C(C)=O)cc1OC. The molecule has 0 aliphatic carbocycles. The molecule has 2 rings (SSSR count). The van der Waals surface area contributed by atoms with E-state index in [1.807, 2.05) is 13.0 Å². The fourth-order valence-electron chi connectivity index (χ4n) is 2.22. The molecule has 0 saturated carbocycles. The Bertz CT molecular complexity index is 776. The number of nitrogens with zero attached hydrogens (tertiary/aromatic N) is 1. The lowest BCUT2D eigenvalue weighted by molar-refractivity contribution is -0.123. The summed E-state index contributed by atoms with van der Waals surface area (Å²) in [5, 5.41) is 2.76. The van der Waals surface area contributed by atoms with Crippen molar-refractivity contribution in [2.75, 3.05) is 20.3 Å². The number of hydrogen-bond donors (Lipinski definition) is 1. The first-order chi connectivity index (χ1) is 12.5. The molecule has 26 heavy (non-hydrogen) atoms. The second-order valence-electron chi connectivity index (χ2n) is 5.39. The Balaban J connectivity index is 1.92. The third-order valence-corrected chi connectivity index (χ3v) is 3.54. The Labute approximate surface area is 152 Å². The fraction of sp³-hybridized carbons (Fsp3) is 0.316. The minimum atomic E-state index is -0.297. The maximum absolute atomic E-state index is 12.0. The van der Waals surface area contributed by atoms with Gasteiger partial charge in [-0.15, -0.1) is 0 Å². The highest BCUT2D eigenvalue weighted by atomic mass is 16.5. The summed E-state index contributed by atoms with van der Waals surface area (Å²) in [6.07, 6.45) is 1.64. The highest BCUT2D eigenvalue weighted by molar-refractivity contribution is 5.94. The average Bonchev–Trinajstić information content (AvgIpc) is 2.65. The van der Waals surface area contributed by atoms with Gasteiger partial charge in [-0.3, -0.25) is 9.59 Å². The number of rotatable bonds is 9. The van der Waals surface area contributed by atoms with E-state index < -0.39 is 0 Å². The van der Waals surface area contributed by atoms with E-state index in [4.69, 9.17) is 14.2 Å². The molecule has 7 nitrogen and oxygen atoms in total. The van der Waals surface area contributed by atoms with Crippen molar-refractivity contribution in [3.8, 4) is 17.4 Å². The van der Waals surface area contributed by atoms with Crippen molar-refractivity contribution in [3.63, 3.8) is 0 Å². The molecular formula is C19H22N2O5. The van der Waals surface area contributed by atoms with E-state index in [0.717, 1.165) is 5.56 Å². The summed E-state index contributed by atoms with van der Waals surface area (Å²) >= 11 is 0. The lowest BCUT2D eigenvalue weighted by atomic mass is 10.1. The second-order valence-corrected chi connectivity index (χ2v) is 5.39. The van der Waals surface area contributed by atoms with Gasteiger partial charge in [0.15, 0.2) is 23.9 Å². The second kappa shape index (κ2) is 9.41. The quantitative estimate of drug-likeness (QED) is 0.693. The minimum absolute atomic E-state index is 0.0748. The van der Waals surface area contributed by atoms with Crippen LogP contribution in [0.1, 0.15) is 29.8 Å². The molecule has 1 amide bonds. The molecule has 0 bridgehead atoms.